The molecule has 0 aliphatic rings. The van der Waals surface area contributed by atoms with Crippen LogP contribution in [0.15, 0.2) is 185 Å². The van der Waals surface area contributed by atoms with Crippen molar-refractivity contribution in [3.63, 3.8) is 0 Å². The monoisotopic (exact) mass is 675 g/mol. The molecule has 0 aliphatic heterocycles. The molecular weight excluding hydrogens is 647 g/mol. The molecule has 0 aliphatic carbocycles. The number of furan rings is 2. The van der Waals surface area contributed by atoms with Crippen molar-refractivity contribution in [1.29, 1.82) is 0 Å². The predicted molar refractivity (Wildman–Crippen MR) is 221 cm³/mol. The lowest BCUT2D eigenvalue weighted by atomic mass is 9.85. The summed E-state index contributed by atoms with van der Waals surface area (Å²) in [5, 5.41) is 11.5. The second-order valence-electron chi connectivity index (χ2n) is 14.0. The number of para-hydroxylation sites is 4. The van der Waals surface area contributed by atoms with Gasteiger partial charge in [-0.2, -0.15) is 0 Å². The average Bonchev–Trinajstić information content (AvgIpc) is 3.89. The van der Waals surface area contributed by atoms with Crippen molar-refractivity contribution in [2.24, 2.45) is 0 Å². The van der Waals surface area contributed by atoms with Gasteiger partial charge in [-0.15, -0.1) is 0 Å². The van der Waals surface area contributed by atoms with Crippen molar-refractivity contribution in [3.8, 4) is 27.9 Å². The summed E-state index contributed by atoms with van der Waals surface area (Å²) in [7, 11) is 0. The first kappa shape index (κ1) is 28.6. The molecule has 9 aromatic carbocycles. The fourth-order valence-corrected chi connectivity index (χ4v) is 8.96. The van der Waals surface area contributed by atoms with Gasteiger partial charge in [0.05, 0.1) is 16.6 Å². The maximum absolute atomic E-state index is 6.82. The number of aromatic nitrogens is 1. The van der Waals surface area contributed by atoms with E-state index < -0.39 is 0 Å². The molecule has 0 amide bonds. The number of fused-ring (bicyclic) bond motifs is 11. The SMILES string of the molecule is c1ccc(-n2c3ccccc3c3cc(-c4c5ccccc5c(-c5c6oc7ccccc7c6cc6c5oc5ccccc56)c5ccccc45)ccc32)cc1. The van der Waals surface area contributed by atoms with Crippen LogP contribution in [0.5, 0.6) is 0 Å². The minimum Gasteiger partial charge on any atom is -0.455 e. The zero-order valence-corrected chi connectivity index (χ0v) is 28.5. The molecule has 0 saturated carbocycles. The van der Waals surface area contributed by atoms with E-state index in [4.69, 9.17) is 8.83 Å². The van der Waals surface area contributed by atoms with E-state index in [-0.39, 0.29) is 0 Å². The summed E-state index contributed by atoms with van der Waals surface area (Å²) in [6, 6.07) is 63.0. The molecule has 246 valence electrons. The Morgan fingerprint density at radius 2 is 0.774 bits per heavy atom. The molecule has 3 heterocycles. The molecule has 0 unspecified atom stereocenters. The van der Waals surface area contributed by atoms with E-state index in [9.17, 15) is 0 Å². The molecule has 0 radical (unpaired) electrons. The van der Waals surface area contributed by atoms with Gasteiger partial charge >= 0.3 is 0 Å². The van der Waals surface area contributed by atoms with Gasteiger partial charge in [0.15, 0.2) is 0 Å². The number of hydrogen-bond donors (Lipinski definition) is 0. The van der Waals surface area contributed by atoms with Crippen LogP contribution in [0.2, 0.25) is 0 Å². The van der Waals surface area contributed by atoms with Gasteiger partial charge in [-0.3, -0.25) is 0 Å². The highest BCUT2D eigenvalue weighted by atomic mass is 16.3. The maximum Gasteiger partial charge on any atom is 0.147 e. The first-order chi connectivity index (χ1) is 26.3. The molecule has 3 heteroatoms. The Bertz CT molecular complexity index is 3310. The third kappa shape index (κ3) is 3.94. The summed E-state index contributed by atoms with van der Waals surface area (Å²) in [6.07, 6.45) is 0. The first-order valence-corrected chi connectivity index (χ1v) is 18.1. The van der Waals surface area contributed by atoms with Gasteiger partial charge in [0.2, 0.25) is 0 Å². The summed E-state index contributed by atoms with van der Waals surface area (Å²) in [5.41, 5.74) is 11.5. The Balaban J connectivity index is 1.22. The van der Waals surface area contributed by atoms with Gasteiger partial charge in [-0.05, 0) is 81.2 Å². The van der Waals surface area contributed by atoms with E-state index in [1.807, 2.05) is 12.1 Å². The Kier molecular flexibility index (Phi) is 5.77. The summed E-state index contributed by atoms with van der Waals surface area (Å²) in [5.74, 6) is 0. The lowest BCUT2D eigenvalue weighted by Gasteiger charge is -2.18. The smallest absolute Gasteiger partial charge is 0.147 e. The topological polar surface area (TPSA) is 31.2 Å². The van der Waals surface area contributed by atoms with Gasteiger partial charge in [0, 0.05) is 43.6 Å². The largest absolute Gasteiger partial charge is 0.455 e. The van der Waals surface area contributed by atoms with Crippen LogP contribution >= 0.6 is 0 Å². The normalized spacial score (nSPS) is 12.2. The molecule has 12 rings (SSSR count). The van der Waals surface area contributed by atoms with Crippen LogP contribution in [0.3, 0.4) is 0 Å². The van der Waals surface area contributed by atoms with Crippen molar-refractivity contribution < 1.29 is 8.83 Å². The van der Waals surface area contributed by atoms with Crippen LogP contribution in [0.1, 0.15) is 0 Å². The van der Waals surface area contributed by atoms with Crippen molar-refractivity contribution in [2.45, 2.75) is 0 Å². The molecule has 0 spiro atoms. The van der Waals surface area contributed by atoms with Crippen LogP contribution < -0.4 is 0 Å². The fourth-order valence-electron chi connectivity index (χ4n) is 8.96. The minimum absolute atomic E-state index is 0.843. The molecule has 0 saturated heterocycles. The van der Waals surface area contributed by atoms with E-state index in [0.717, 1.165) is 71.5 Å². The van der Waals surface area contributed by atoms with Crippen LogP contribution in [-0.2, 0) is 0 Å². The second kappa shape index (κ2) is 10.7. The van der Waals surface area contributed by atoms with Gasteiger partial charge < -0.3 is 13.4 Å². The minimum atomic E-state index is 0.843. The Morgan fingerprint density at radius 3 is 1.38 bits per heavy atom. The lowest BCUT2D eigenvalue weighted by molar-refractivity contribution is 0.658. The fraction of sp³-hybridized carbons (Fsp3) is 0. The van der Waals surface area contributed by atoms with E-state index in [1.165, 1.54) is 43.7 Å². The van der Waals surface area contributed by atoms with Gasteiger partial charge in [-0.25, -0.2) is 0 Å². The number of rotatable bonds is 3. The van der Waals surface area contributed by atoms with Gasteiger partial charge in [0.1, 0.15) is 22.3 Å². The van der Waals surface area contributed by atoms with Crippen LogP contribution in [0, 0.1) is 0 Å². The molecule has 12 aromatic rings. The highest BCUT2D eigenvalue weighted by Crippen LogP contribution is 2.51. The van der Waals surface area contributed by atoms with Gasteiger partial charge in [-0.1, -0.05) is 127 Å². The van der Waals surface area contributed by atoms with Gasteiger partial charge in [0.25, 0.3) is 0 Å². The van der Waals surface area contributed by atoms with E-state index >= 15 is 0 Å². The molecule has 53 heavy (non-hydrogen) atoms. The molecule has 0 bridgehead atoms. The lowest BCUT2D eigenvalue weighted by Crippen LogP contribution is -1.93. The Hall–Kier alpha value is -7.10. The summed E-state index contributed by atoms with van der Waals surface area (Å²) < 4.78 is 16.0. The van der Waals surface area contributed by atoms with Crippen LogP contribution in [-0.4, -0.2) is 4.57 Å². The molecule has 0 N–H and O–H groups in total. The quantitative estimate of drug-likeness (QED) is 0.175. The summed E-state index contributed by atoms with van der Waals surface area (Å²) in [4.78, 5) is 0. The standard InChI is InChI=1S/C50H29NO2/c1-2-14-31(15-3-1)51-42-23-11-8-16-32(42)39-28-30(26-27-43(39)51)46-35-19-4-6-21-37(35)47(38-22-7-5-20-36(38)46)48-49-40(33-17-9-12-24-44(33)52-49)29-41-34-18-10-13-25-45(34)53-50(41)48/h1-29H. The summed E-state index contributed by atoms with van der Waals surface area (Å²) in [6.45, 7) is 0. The van der Waals surface area contributed by atoms with Crippen molar-refractivity contribution in [2.75, 3.05) is 0 Å². The second-order valence-corrected chi connectivity index (χ2v) is 14.0. The Morgan fingerprint density at radius 1 is 0.302 bits per heavy atom. The highest BCUT2D eigenvalue weighted by Gasteiger charge is 2.26. The number of benzene rings is 9. The summed E-state index contributed by atoms with van der Waals surface area (Å²) >= 11 is 0. The highest BCUT2D eigenvalue weighted by molar-refractivity contribution is 6.30. The first-order valence-electron chi connectivity index (χ1n) is 18.1. The number of hydrogen-bond acceptors (Lipinski definition) is 2. The van der Waals surface area contributed by atoms with Crippen molar-refractivity contribution in [1.82, 2.24) is 4.57 Å². The third-order valence-corrected chi connectivity index (χ3v) is 11.2. The van der Waals surface area contributed by atoms with E-state index in [1.54, 1.807) is 0 Å². The average molecular weight is 676 g/mol. The van der Waals surface area contributed by atoms with E-state index in [0.29, 0.717) is 0 Å². The molecule has 3 nitrogen and oxygen atoms in total. The zero-order chi connectivity index (χ0) is 34.6. The molecule has 0 fully saturated rings. The molecule has 0 atom stereocenters. The molecular formula is C50H29NO2. The van der Waals surface area contributed by atoms with Crippen LogP contribution in [0.25, 0.3) is 115 Å². The number of nitrogens with zero attached hydrogens (tertiary/aromatic N) is 1. The van der Waals surface area contributed by atoms with Crippen molar-refractivity contribution >= 4 is 87.2 Å². The maximum atomic E-state index is 6.82. The zero-order valence-electron chi connectivity index (χ0n) is 28.5. The molecule has 3 aromatic heterocycles. The Labute approximate surface area is 303 Å². The van der Waals surface area contributed by atoms with Crippen LogP contribution in [0.4, 0.5) is 0 Å². The van der Waals surface area contributed by atoms with Crippen molar-refractivity contribution in [3.05, 3.63) is 176 Å². The van der Waals surface area contributed by atoms with E-state index in [2.05, 4.69) is 168 Å². The third-order valence-electron chi connectivity index (χ3n) is 11.2. The predicted octanol–water partition coefficient (Wildman–Crippen LogP) is 14.2.